The fourth-order valence-corrected chi connectivity index (χ4v) is 0. The molecule has 0 unspecified atom stereocenters. The van der Waals surface area contributed by atoms with Gasteiger partial charge in [0, 0.05) is 104 Å². The minimum atomic E-state index is 0. The van der Waals surface area contributed by atoms with Gasteiger partial charge in [0.05, 0.1) is 0 Å². The van der Waals surface area contributed by atoms with Crippen LogP contribution in [-0.2, 0) is 104 Å². The fourth-order valence-electron chi connectivity index (χ4n) is 0. The van der Waals surface area contributed by atoms with E-state index in [4.69, 9.17) is 0 Å². The smallest absolute Gasteiger partial charge is 1.00 e. The molecule has 0 rings (SSSR count). The van der Waals surface area contributed by atoms with E-state index in [2.05, 4.69) is 0 Å². The zero-order valence-corrected chi connectivity index (χ0v) is 12.7. The SMILES string of the molecule is [Co].[Cu].[Fe].[H-].[H-].[Mg+2].[Mn].[Ni].[Zn]. The van der Waals surface area contributed by atoms with Crippen LogP contribution in [0.1, 0.15) is 2.85 Å². The van der Waals surface area contributed by atoms with E-state index in [1.807, 2.05) is 0 Å². The van der Waals surface area contributed by atoms with Crippen LogP contribution in [0.3, 0.4) is 0 Å². The molecule has 0 atom stereocenters. The zero-order valence-electron chi connectivity index (χ0n) is 5.10. The van der Waals surface area contributed by atoms with Gasteiger partial charge in [-0.25, -0.2) is 0 Å². The van der Waals surface area contributed by atoms with Crippen molar-refractivity contribution < 1.29 is 107 Å². The Labute approximate surface area is 128 Å². The predicted molar refractivity (Wildman–Crippen MR) is 7.98 cm³/mol. The molecular weight excluding hydrogens is 382 g/mol. The van der Waals surface area contributed by atoms with Gasteiger partial charge in [0.1, 0.15) is 0 Å². The van der Waals surface area contributed by atoms with E-state index in [0.717, 1.165) is 0 Å². The first-order valence-electron chi connectivity index (χ1n) is 0. The molecule has 0 amide bonds. The number of rotatable bonds is 0. The third kappa shape index (κ3) is 40.3. The van der Waals surface area contributed by atoms with Gasteiger partial charge in [0.2, 0.25) is 0 Å². The number of hydrogen-bond donors (Lipinski definition) is 0. The molecule has 0 aliphatic heterocycles. The topological polar surface area (TPSA) is 0 Å². The molecule has 0 spiro atoms. The summed E-state index contributed by atoms with van der Waals surface area (Å²) >= 11 is 0. The minimum Gasteiger partial charge on any atom is -1.00 e. The largest absolute Gasteiger partial charge is 2.00 e. The maximum Gasteiger partial charge on any atom is 2.00 e. The Morgan fingerprint density at radius 2 is 1.14 bits per heavy atom. The Hall–Kier alpha value is 3.95. The Kier molecular flexibility index (Phi) is 507. The average Bonchev–Trinajstić information content (AvgIpc) is 0. The fraction of sp³-hybridized carbons (Fsp3) is 0. The van der Waals surface area contributed by atoms with E-state index in [9.17, 15) is 0 Å². The van der Waals surface area contributed by atoms with E-state index in [1.165, 1.54) is 0 Å². The second kappa shape index (κ2) is 51.1. The van der Waals surface area contributed by atoms with Crippen LogP contribution in [0, 0.1) is 0 Å². The standard InChI is InChI=1S/Co.Cu.Fe.Mg.Mn.Ni.Zn.2H/q;;;+2;;;;2*-1. The van der Waals surface area contributed by atoms with Gasteiger partial charge in [0.15, 0.2) is 0 Å². The van der Waals surface area contributed by atoms with Crippen LogP contribution in [0.25, 0.3) is 0 Å². The molecule has 0 aromatic heterocycles. The Morgan fingerprint density at radius 3 is 1.14 bits per heavy atom. The molecule has 3 radical (unpaired) electrons. The molecule has 0 saturated carbocycles. The summed E-state index contributed by atoms with van der Waals surface area (Å²) in [5.41, 5.74) is 0. The molecule has 7 heteroatoms. The van der Waals surface area contributed by atoms with E-state index in [0.29, 0.717) is 0 Å². The maximum atomic E-state index is 0. The van der Waals surface area contributed by atoms with Gasteiger partial charge in [-0.15, -0.1) is 0 Å². The Bertz CT molecular complexity index is 26.5. The van der Waals surface area contributed by atoms with Gasteiger partial charge in [-0.2, -0.15) is 0 Å². The summed E-state index contributed by atoms with van der Waals surface area (Å²) in [7, 11) is 0. The zero-order chi connectivity index (χ0) is 0. The van der Waals surface area contributed by atoms with Crippen molar-refractivity contribution in [1.82, 2.24) is 0 Å². The van der Waals surface area contributed by atoms with Gasteiger partial charge in [-0.3, -0.25) is 0 Å². The molecule has 0 bridgehead atoms. The van der Waals surface area contributed by atoms with Crippen molar-refractivity contribution in [1.29, 1.82) is 0 Å². The normalized spacial score (nSPS) is 0. The van der Waals surface area contributed by atoms with Gasteiger partial charge in [0.25, 0.3) is 0 Å². The first-order chi connectivity index (χ1) is 0. The molecule has 0 aromatic carbocycles. The summed E-state index contributed by atoms with van der Waals surface area (Å²) in [6.07, 6.45) is 0. The van der Waals surface area contributed by atoms with Crippen LogP contribution < -0.4 is 0 Å². The molecule has 51 valence electrons. The van der Waals surface area contributed by atoms with Crippen LogP contribution in [0.4, 0.5) is 0 Å². The van der Waals surface area contributed by atoms with Gasteiger partial charge >= 0.3 is 23.1 Å². The average molecular weight is 384 g/mol. The van der Waals surface area contributed by atoms with Crippen molar-refractivity contribution in [3.05, 3.63) is 0 Å². The van der Waals surface area contributed by atoms with E-state index >= 15 is 0 Å². The molecular formula is H2CoCuFeMgMnNiZn. The van der Waals surface area contributed by atoms with Gasteiger partial charge in [-0.05, 0) is 0 Å². The molecule has 0 aliphatic rings. The molecule has 7 heavy (non-hydrogen) atoms. The third-order valence-electron chi connectivity index (χ3n) is 0. The first kappa shape index (κ1) is 69.5. The first-order valence-corrected chi connectivity index (χ1v) is 0. The quantitative estimate of drug-likeness (QED) is 0.510. The van der Waals surface area contributed by atoms with Crippen LogP contribution in [0.5, 0.6) is 0 Å². The molecule has 0 aliphatic carbocycles. The summed E-state index contributed by atoms with van der Waals surface area (Å²) in [5.74, 6) is 0. The van der Waals surface area contributed by atoms with Crippen LogP contribution in [0.2, 0.25) is 0 Å². The molecule has 0 fully saturated rings. The molecule has 0 heterocycles. The Balaban J connectivity index is 0. The van der Waals surface area contributed by atoms with Gasteiger partial charge < -0.3 is 2.85 Å². The second-order valence-electron chi connectivity index (χ2n) is 0. The van der Waals surface area contributed by atoms with Crippen molar-refractivity contribution in [3.63, 3.8) is 0 Å². The molecule has 0 aromatic rings. The van der Waals surface area contributed by atoms with Gasteiger partial charge in [-0.1, -0.05) is 0 Å². The third-order valence-corrected chi connectivity index (χ3v) is 0. The van der Waals surface area contributed by atoms with Crippen molar-refractivity contribution in [2.24, 2.45) is 0 Å². The van der Waals surface area contributed by atoms with Crippen LogP contribution >= 0.6 is 0 Å². The Morgan fingerprint density at radius 1 is 1.14 bits per heavy atom. The second-order valence-corrected chi connectivity index (χ2v) is 0. The summed E-state index contributed by atoms with van der Waals surface area (Å²) in [6, 6.07) is 0. The van der Waals surface area contributed by atoms with Crippen LogP contribution in [0.15, 0.2) is 0 Å². The summed E-state index contributed by atoms with van der Waals surface area (Å²) < 4.78 is 0. The van der Waals surface area contributed by atoms with E-state index in [1.54, 1.807) is 0 Å². The predicted octanol–water partition coefficient (Wildman–Crippen LogP) is -0.171. The van der Waals surface area contributed by atoms with Crippen LogP contribution in [-0.4, -0.2) is 23.1 Å². The van der Waals surface area contributed by atoms with Crippen molar-refractivity contribution in [2.75, 3.05) is 0 Å². The molecule has 0 N–H and O–H groups in total. The summed E-state index contributed by atoms with van der Waals surface area (Å²) in [6.45, 7) is 0. The minimum absolute atomic E-state index is 0. The van der Waals surface area contributed by atoms with E-state index in [-0.39, 0.29) is 130 Å². The summed E-state index contributed by atoms with van der Waals surface area (Å²) in [5, 5.41) is 0. The molecule has 0 saturated heterocycles. The monoisotopic (exact) mass is 381 g/mol. The molecule has 0 nitrogen and oxygen atoms in total. The maximum absolute atomic E-state index is 0. The van der Waals surface area contributed by atoms with Crippen molar-refractivity contribution >= 4 is 23.1 Å². The van der Waals surface area contributed by atoms with Crippen molar-refractivity contribution in [2.45, 2.75) is 0 Å². The van der Waals surface area contributed by atoms with Crippen molar-refractivity contribution in [3.8, 4) is 0 Å². The van der Waals surface area contributed by atoms with E-state index < -0.39 is 0 Å². The number of hydrogen-bond acceptors (Lipinski definition) is 0. The summed E-state index contributed by atoms with van der Waals surface area (Å²) in [4.78, 5) is 0.